The fourth-order valence-corrected chi connectivity index (χ4v) is 2.64. The minimum Gasteiger partial charge on any atom is -0.465 e. The Morgan fingerprint density at radius 2 is 2.42 bits per heavy atom. The summed E-state index contributed by atoms with van der Waals surface area (Å²) in [4.78, 5) is 16.9. The Hall–Kier alpha value is -0.870. The van der Waals surface area contributed by atoms with Gasteiger partial charge in [-0.2, -0.15) is 0 Å². The van der Waals surface area contributed by atoms with Gasteiger partial charge < -0.3 is 9.84 Å². The molecular weight excluding hydrogens is 429 g/mol. The van der Waals surface area contributed by atoms with Gasteiger partial charge in [0.2, 0.25) is 0 Å². The maximum atomic E-state index is 11.4. The second kappa shape index (κ2) is 6.06. The van der Waals surface area contributed by atoms with E-state index in [0.717, 1.165) is 8.17 Å². The number of rotatable bonds is 4. The SMILES string of the molecule is COCCN(C(=O)O)c1cc(Br)cn2c(I)cnc12. The van der Waals surface area contributed by atoms with Gasteiger partial charge >= 0.3 is 6.09 Å². The van der Waals surface area contributed by atoms with Gasteiger partial charge in [-0.1, -0.05) is 0 Å². The molecule has 0 spiro atoms. The van der Waals surface area contributed by atoms with Crippen LogP contribution in [-0.4, -0.2) is 40.8 Å². The molecule has 0 unspecified atom stereocenters. The van der Waals surface area contributed by atoms with Crippen LogP contribution in [0.2, 0.25) is 0 Å². The van der Waals surface area contributed by atoms with Crippen molar-refractivity contribution >= 4 is 55.9 Å². The molecule has 0 radical (unpaired) electrons. The van der Waals surface area contributed by atoms with E-state index < -0.39 is 6.09 Å². The first-order valence-electron chi connectivity index (χ1n) is 5.36. The molecule has 0 saturated heterocycles. The van der Waals surface area contributed by atoms with E-state index in [9.17, 15) is 9.90 Å². The lowest BCUT2D eigenvalue weighted by molar-refractivity contribution is 0.186. The van der Waals surface area contributed by atoms with E-state index in [-0.39, 0.29) is 6.54 Å². The highest BCUT2D eigenvalue weighted by molar-refractivity contribution is 14.1. The van der Waals surface area contributed by atoms with E-state index in [1.807, 2.05) is 10.6 Å². The quantitative estimate of drug-likeness (QED) is 0.744. The fourth-order valence-electron chi connectivity index (χ4n) is 1.71. The Labute approximate surface area is 131 Å². The lowest BCUT2D eigenvalue weighted by Crippen LogP contribution is -2.33. The number of fused-ring (bicyclic) bond motifs is 1. The van der Waals surface area contributed by atoms with Crippen LogP contribution in [0.25, 0.3) is 5.65 Å². The van der Waals surface area contributed by atoms with E-state index in [1.165, 1.54) is 12.0 Å². The van der Waals surface area contributed by atoms with Gasteiger partial charge in [-0.15, -0.1) is 0 Å². The third-order valence-corrected chi connectivity index (χ3v) is 3.78. The smallest absolute Gasteiger partial charge is 0.412 e. The number of pyridine rings is 1. The van der Waals surface area contributed by atoms with Gasteiger partial charge in [0.1, 0.15) is 3.70 Å². The van der Waals surface area contributed by atoms with E-state index in [1.54, 1.807) is 12.3 Å². The summed E-state index contributed by atoms with van der Waals surface area (Å²) in [6.45, 7) is 0.574. The molecule has 2 aromatic heterocycles. The number of hydrogen-bond donors (Lipinski definition) is 1. The van der Waals surface area contributed by atoms with Crippen molar-refractivity contribution in [2.45, 2.75) is 0 Å². The molecule has 0 aliphatic rings. The number of amides is 1. The Kier molecular flexibility index (Phi) is 4.63. The molecular formula is C11H11BrIN3O3. The molecule has 2 heterocycles. The number of ether oxygens (including phenoxy) is 1. The lowest BCUT2D eigenvalue weighted by atomic mass is 10.3. The number of hydrogen-bond acceptors (Lipinski definition) is 3. The van der Waals surface area contributed by atoms with E-state index in [0.29, 0.717) is 17.9 Å². The van der Waals surface area contributed by atoms with Crippen molar-refractivity contribution in [1.82, 2.24) is 9.38 Å². The maximum Gasteiger partial charge on any atom is 0.412 e. The number of methoxy groups -OCH3 is 1. The Morgan fingerprint density at radius 3 is 3.05 bits per heavy atom. The van der Waals surface area contributed by atoms with Crippen molar-refractivity contribution in [2.24, 2.45) is 0 Å². The monoisotopic (exact) mass is 439 g/mol. The van der Waals surface area contributed by atoms with Gasteiger partial charge in [-0.25, -0.2) is 9.78 Å². The molecule has 0 aliphatic carbocycles. The summed E-state index contributed by atoms with van der Waals surface area (Å²) in [7, 11) is 1.54. The highest BCUT2D eigenvalue weighted by Crippen LogP contribution is 2.27. The highest BCUT2D eigenvalue weighted by Gasteiger charge is 2.19. The molecule has 102 valence electrons. The molecule has 8 heteroatoms. The normalized spacial score (nSPS) is 10.9. The number of aromatic nitrogens is 2. The second-order valence-electron chi connectivity index (χ2n) is 3.75. The van der Waals surface area contributed by atoms with E-state index >= 15 is 0 Å². The summed E-state index contributed by atoms with van der Waals surface area (Å²) in [6.07, 6.45) is 2.52. The average Bonchev–Trinajstić information content (AvgIpc) is 2.71. The zero-order valence-corrected chi connectivity index (χ0v) is 13.8. The van der Waals surface area contributed by atoms with Crippen molar-refractivity contribution in [3.8, 4) is 0 Å². The lowest BCUT2D eigenvalue weighted by Gasteiger charge is -2.19. The van der Waals surface area contributed by atoms with Crippen LogP contribution in [0.1, 0.15) is 0 Å². The molecule has 2 aromatic rings. The minimum atomic E-state index is -1.03. The highest BCUT2D eigenvalue weighted by atomic mass is 127. The zero-order chi connectivity index (χ0) is 14.0. The van der Waals surface area contributed by atoms with Gasteiger partial charge in [-0.05, 0) is 44.6 Å². The number of carboxylic acid groups (broad SMARTS) is 1. The Bertz CT molecular complexity index is 616. The summed E-state index contributed by atoms with van der Waals surface area (Å²) in [6, 6.07) is 1.74. The second-order valence-corrected chi connectivity index (χ2v) is 5.77. The summed E-state index contributed by atoms with van der Waals surface area (Å²) < 4.78 is 8.48. The first-order chi connectivity index (χ1) is 9.04. The van der Waals surface area contributed by atoms with Crippen LogP contribution in [0.3, 0.4) is 0 Å². The molecule has 19 heavy (non-hydrogen) atoms. The molecule has 0 saturated carbocycles. The van der Waals surface area contributed by atoms with Crippen molar-refractivity contribution in [2.75, 3.05) is 25.2 Å². The van der Waals surface area contributed by atoms with E-state index in [2.05, 4.69) is 43.5 Å². The fraction of sp³-hybridized carbons (Fsp3) is 0.273. The number of anilines is 1. The molecule has 1 amide bonds. The van der Waals surface area contributed by atoms with Gasteiger partial charge in [0.25, 0.3) is 0 Å². The number of imidazole rings is 1. The standard InChI is InChI=1S/C11H11BrIN3O3/c1-19-3-2-15(11(17)18)8-4-7(12)6-16-9(13)5-14-10(8)16/h4-6H,2-3H2,1H3,(H,17,18). The van der Waals surface area contributed by atoms with Crippen LogP contribution in [0, 0.1) is 3.70 Å². The number of carbonyl (C=O) groups is 1. The summed E-state index contributed by atoms with van der Waals surface area (Å²) in [5.74, 6) is 0. The number of nitrogens with zero attached hydrogens (tertiary/aromatic N) is 3. The molecule has 0 aliphatic heterocycles. The summed E-state index contributed by atoms with van der Waals surface area (Å²) in [5, 5.41) is 9.33. The molecule has 2 rings (SSSR count). The summed E-state index contributed by atoms with van der Waals surface area (Å²) in [5.41, 5.74) is 1.13. The predicted molar refractivity (Wildman–Crippen MR) is 82.9 cm³/mol. The van der Waals surface area contributed by atoms with Gasteiger partial charge in [-0.3, -0.25) is 9.30 Å². The van der Waals surface area contributed by atoms with Crippen molar-refractivity contribution in [3.05, 3.63) is 26.6 Å². The molecule has 0 fully saturated rings. The van der Waals surface area contributed by atoms with Crippen LogP contribution < -0.4 is 4.90 Å². The van der Waals surface area contributed by atoms with Crippen molar-refractivity contribution in [3.63, 3.8) is 0 Å². The Balaban J connectivity index is 2.55. The van der Waals surface area contributed by atoms with Crippen LogP contribution in [-0.2, 0) is 4.74 Å². The van der Waals surface area contributed by atoms with Gasteiger partial charge in [0.05, 0.1) is 25.0 Å². The topological polar surface area (TPSA) is 67.1 Å². The maximum absolute atomic E-state index is 11.4. The van der Waals surface area contributed by atoms with Crippen LogP contribution in [0.15, 0.2) is 22.9 Å². The first-order valence-corrected chi connectivity index (χ1v) is 7.23. The third-order valence-electron chi connectivity index (χ3n) is 2.55. The predicted octanol–water partition coefficient (Wildman–Crippen LogP) is 2.83. The molecule has 6 nitrogen and oxygen atoms in total. The average molecular weight is 440 g/mol. The van der Waals surface area contributed by atoms with Crippen LogP contribution in [0.5, 0.6) is 0 Å². The van der Waals surface area contributed by atoms with Crippen LogP contribution >= 0.6 is 38.5 Å². The van der Waals surface area contributed by atoms with Crippen LogP contribution in [0.4, 0.5) is 10.5 Å². The Morgan fingerprint density at radius 1 is 1.68 bits per heavy atom. The molecule has 0 atom stereocenters. The van der Waals surface area contributed by atoms with E-state index in [4.69, 9.17) is 4.74 Å². The number of halogens is 2. The van der Waals surface area contributed by atoms with Crippen molar-refractivity contribution < 1.29 is 14.6 Å². The molecule has 0 bridgehead atoms. The zero-order valence-electron chi connectivity index (χ0n) is 10.0. The molecule has 0 aromatic carbocycles. The van der Waals surface area contributed by atoms with Gasteiger partial charge in [0.15, 0.2) is 5.65 Å². The third kappa shape index (κ3) is 3.00. The van der Waals surface area contributed by atoms with Crippen molar-refractivity contribution in [1.29, 1.82) is 0 Å². The largest absolute Gasteiger partial charge is 0.465 e. The van der Waals surface area contributed by atoms with Gasteiger partial charge in [0, 0.05) is 17.8 Å². The minimum absolute atomic E-state index is 0.251. The summed E-state index contributed by atoms with van der Waals surface area (Å²) >= 11 is 5.53. The molecule has 1 N–H and O–H groups in total. The first kappa shape index (κ1) is 14.5.